The van der Waals surface area contributed by atoms with Gasteiger partial charge >= 0.3 is 11.9 Å². The number of H-pyrrole nitrogens is 1. The van der Waals surface area contributed by atoms with Gasteiger partial charge in [0, 0.05) is 65.2 Å². The van der Waals surface area contributed by atoms with Gasteiger partial charge in [-0.25, -0.2) is 0 Å². The van der Waals surface area contributed by atoms with Crippen LogP contribution in [0.3, 0.4) is 0 Å². The molecule has 0 aromatic carbocycles. The van der Waals surface area contributed by atoms with E-state index in [1.807, 2.05) is 39.8 Å². The van der Waals surface area contributed by atoms with Gasteiger partial charge in [0.05, 0.1) is 6.04 Å². The highest BCUT2D eigenvalue weighted by Gasteiger charge is 2.44. The van der Waals surface area contributed by atoms with Crippen LogP contribution in [0.1, 0.15) is 81.5 Å². The molecule has 3 unspecified atom stereocenters. The number of carboxylic acids is 2. The highest BCUT2D eigenvalue weighted by Crippen LogP contribution is 2.38. The minimum atomic E-state index is -1.06. The van der Waals surface area contributed by atoms with Crippen LogP contribution in [0.15, 0.2) is 28.5 Å². The molecule has 11 nitrogen and oxygen atoms in total. The second kappa shape index (κ2) is 15.2. The van der Waals surface area contributed by atoms with Crippen LogP contribution in [0.4, 0.5) is 0 Å². The number of hydrogen-bond donors (Lipinski definition) is 9. The predicted molar refractivity (Wildman–Crippen MR) is 182 cm³/mol. The molecule has 2 saturated heterocycles. The number of aromatic amines is 1. The van der Waals surface area contributed by atoms with Crippen molar-refractivity contribution in [2.24, 2.45) is 17.8 Å². The van der Waals surface area contributed by atoms with E-state index in [0.29, 0.717) is 52.6 Å². The summed E-state index contributed by atoms with van der Waals surface area (Å²) in [5.41, 5.74) is 5.81. The summed E-state index contributed by atoms with van der Waals surface area (Å²) in [5, 5.41) is 40.2. The number of aliphatic hydroxyl groups excluding tert-OH is 1. The maximum absolute atomic E-state index is 12.6. The molecule has 46 heavy (non-hydrogen) atoms. The number of thiol groups is 2. The molecule has 1 aromatic rings. The molecule has 0 saturated carbocycles. The zero-order valence-electron chi connectivity index (χ0n) is 26.7. The second-order valence-electron chi connectivity index (χ2n) is 12.7. The van der Waals surface area contributed by atoms with Gasteiger partial charge in [0.25, 0.3) is 0 Å². The van der Waals surface area contributed by atoms with Crippen molar-refractivity contribution in [1.29, 1.82) is 0 Å². The smallest absolute Gasteiger partial charge is 0.303 e. The second-order valence-corrected chi connectivity index (χ2v) is 13.5. The Balaban J connectivity index is 1.71. The molecule has 0 spiro atoms. The highest BCUT2D eigenvalue weighted by molar-refractivity contribution is 7.80. The summed E-state index contributed by atoms with van der Waals surface area (Å²) in [5.74, 6) is -1.51. The number of aliphatic hydroxyl groups is 1. The number of aliphatic carboxylic acids is 2. The fourth-order valence-corrected chi connectivity index (χ4v) is 7.70. The van der Waals surface area contributed by atoms with Crippen LogP contribution in [0.25, 0.3) is 6.08 Å². The lowest BCUT2D eigenvalue weighted by atomic mass is 9.85. The first-order valence-electron chi connectivity index (χ1n) is 15.8. The lowest BCUT2D eigenvalue weighted by Crippen LogP contribution is -2.36. The molecule has 3 aliphatic heterocycles. The third kappa shape index (κ3) is 7.52. The number of aromatic nitrogens is 1. The van der Waals surface area contributed by atoms with E-state index in [0.717, 1.165) is 16.7 Å². The molecule has 13 heteroatoms. The standard InChI is InChI=1S/C33H46N4O7S2/c1-15-19(5-7-27(38)39)25(34-23(15)13-24-16(2)22(10-12-46)33(44)36-24)14-26-20(6-8-28(40)41)17(3)29(35-26)31(42)30-21(9-11-45)18(4)32(43)37-30/h10,14,16,18,21,23-24,30-31,34-35,42,45-46H,5-9,11-13H2,1-4H3,(H,36,44)(H,37,43)(H,38,39)(H,40,41)/b22-10-,25-14+/t16?,18-,21-,23?,24-,30?,31+/m1/s1. The summed E-state index contributed by atoms with van der Waals surface area (Å²) in [4.78, 5) is 51.7. The van der Waals surface area contributed by atoms with E-state index in [-0.39, 0.29) is 67.3 Å². The topological polar surface area (TPSA) is 181 Å². The van der Waals surface area contributed by atoms with E-state index < -0.39 is 24.1 Å². The Morgan fingerprint density at radius 3 is 2.28 bits per heavy atom. The minimum Gasteiger partial charge on any atom is -0.481 e. The molecule has 2 fully saturated rings. The molecule has 0 radical (unpaired) electrons. The van der Waals surface area contributed by atoms with Crippen molar-refractivity contribution in [3.63, 3.8) is 0 Å². The average Bonchev–Trinajstić information content (AvgIpc) is 3.65. The minimum absolute atomic E-state index is 0.0207. The first-order chi connectivity index (χ1) is 21.8. The van der Waals surface area contributed by atoms with Crippen LogP contribution in [0.5, 0.6) is 0 Å². The zero-order chi connectivity index (χ0) is 33.9. The van der Waals surface area contributed by atoms with Gasteiger partial charge in [0.1, 0.15) is 6.10 Å². The van der Waals surface area contributed by atoms with Gasteiger partial charge in [0.15, 0.2) is 0 Å². The molecular weight excluding hydrogens is 629 g/mol. The average molecular weight is 675 g/mol. The summed E-state index contributed by atoms with van der Waals surface area (Å²) < 4.78 is 0. The van der Waals surface area contributed by atoms with Gasteiger partial charge in [-0.15, -0.1) is 0 Å². The third-order valence-corrected chi connectivity index (χ3v) is 10.4. The Bertz CT molecular complexity index is 1470. The Morgan fingerprint density at radius 2 is 1.65 bits per heavy atom. The van der Waals surface area contributed by atoms with E-state index in [2.05, 4.69) is 46.2 Å². The van der Waals surface area contributed by atoms with Gasteiger partial charge in [-0.1, -0.05) is 19.9 Å². The van der Waals surface area contributed by atoms with E-state index in [4.69, 9.17) is 0 Å². The Labute approximate surface area is 280 Å². The first-order valence-corrected chi connectivity index (χ1v) is 17.1. The van der Waals surface area contributed by atoms with E-state index >= 15 is 0 Å². The summed E-state index contributed by atoms with van der Waals surface area (Å²) in [7, 11) is 0. The SMILES string of the molecule is CC1=C(CCC(=O)O)/C(=C\c2[nH]c([C@H](O)C3NC(=O)[C@H](C)[C@H]3CCS)c(C)c2CCC(=O)O)NC1C[C@H]1NC(=O)/C(=C\CS)C1C. The van der Waals surface area contributed by atoms with Crippen molar-refractivity contribution in [1.82, 2.24) is 20.9 Å². The normalized spacial score (nSPS) is 28.6. The van der Waals surface area contributed by atoms with Crippen LogP contribution in [0.2, 0.25) is 0 Å². The third-order valence-electron chi connectivity index (χ3n) is 9.97. The van der Waals surface area contributed by atoms with Crippen molar-refractivity contribution in [2.45, 2.75) is 90.4 Å². The zero-order valence-corrected chi connectivity index (χ0v) is 28.5. The fraction of sp³-hybridized carbons (Fsp3) is 0.576. The number of hydrogen-bond acceptors (Lipinski definition) is 8. The highest BCUT2D eigenvalue weighted by atomic mass is 32.1. The molecule has 252 valence electrons. The number of rotatable bonds is 14. The lowest BCUT2D eigenvalue weighted by Gasteiger charge is -2.25. The van der Waals surface area contributed by atoms with Gasteiger partial charge in [-0.3, -0.25) is 19.2 Å². The van der Waals surface area contributed by atoms with Crippen LogP contribution in [0, 0.1) is 24.7 Å². The maximum atomic E-state index is 12.6. The van der Waals surface area contributed by atoms with Gasteiger partial charge in [-0.05, 0) is 79.6 Å². The van der Waals surface area contributed by atoms with Gasteiger partial charge < -0.3 is 36.3 Å². The van der Waals surface area contributed by atoms with Crippen molar-refractivity contribution in [3.05, 3.63) is 51.0 Å². The largest absolute Gasteiger partial charge is 0.481 e. The summed E-state index contributed by atoms with van der Waals surface area (Å²) in [6.45, 7) is 7.65. The van der Waals surface area contributed by atoms with Crippen molar-refractivity contribution in [2.75, 3.05) is 11.5 Å². The summed E-state index contributed by atoms with van der Waals surface area (Å²) in [6.07, 6.45) is 4.15. The fourth-order valence-electron chi connectivity index (χ4n) is 7.20. The monoisotopic (exact) mass is 674 g/mol. The lowest BCUT2D eigenvalue weighted by molar-refractivity contribution is -0.138. The molecule has 0 bridgehead atoms. The molecule has 7 atom stereocenters. The van der Waals surface area contributed by atoms with Gasteiger partial charge in [0.2, 0.25) is 11.8 Å². The number of carbonyl (C=O) groups excluding carboxylic acids is 2. The summed E-state index contributed by atoms with van der Waals surface area (Å²) >= 11 is 8.61. The molecular formula is C33H46N4O7S2. The van der Waals surface area contributed by atoms with Crippen LogP contribution in [-0.2, 0) is 25.6 Å². The number of carboxylic acid groups (broad SMARTS) is 2. The molecule has 1 aromatic heterocycles. The molecule has 3 aliphatic rings. The van der Waals surface area contributed by atoms with E-state index in [1.54, 1.807) is 0 Å². The van der Waals surface area contributed by atoms with Crippen molar-refractivity contribution in [3.8, 4) is 0 Å². The number of amides is 2. The molecule has 4 rings (SSSR count). The van der Waals surface area contributed by atoms with Crippen LogP contribution >= 0.6 is 25.3 Å². The number of allylic oxidation sites excluding steroid dienone is 1. The van der Waals surface area contributed by atoms with E-state index in [1.165, 1.54) is 0 Å². The van der Waals surface area contributed by atoms with Crippen molar-refractivity contribution >= 4 is 55.1 Å². The first kappa shape index (κ1) is 35.7. The maximum Gasteiger partial charge on any atom is 0.303 e. The van der Waals surface area contributed by atoms with Crippen LogP contribution < -0.4 is 16.0 Å². The Kier molecular flexibility index (Phi) is 11.8. The molecule has 4 heterocycles. The predicted octanol–water partition coefficient (Wildman–Crippen LogP) is 3.32. The number of carbonyl (C=O) groups is 4. The molecule has 2 amide bonds. The quantitative estimate of drug-likeness (QED) is 0.106. The Morgan fingerprint density at radius 1 is 0.978 bits per heavy atom. The van der Waals surface area contributed by atoms with Gasteiger partial charge in [-0.2, -0.15) is 25.3 Å². The van der Waals surface area contributed by atoms with E-state index in [9.17, 15) is 34.5 Å². The van der Waals surface area contributed by atoms with Crippen LogP contribution in [-0.4, -0.2) is 73.7 Å². The number of nitrogens with one attached hydrogen (secondary N) is 4. The van der Waals surface area contributed by atoms with Crippen molar-refractivity contribution < 1.29 is 34.5 Å². The Hall–Kier alpha value is -3.16. The summed E-state index contributed by atoms with van der Waals surface area (Å²) in [6, 6.07) is -0.827. The molecule has 7 N–H and O–H groups in total. The molecule has 0 aliphatic carbocycles.